The van der Waals surface area contributed by atoms with Gasteiger partial charge >= 0.3 is 0 Å². The Bertz CT molecular complexity index is 732. The molecule has 0 bridgehead atoms. The molecule has 0 amide bonds. The minimum atomic E-state index is -0.618. The zero-order valence-electron chi connectivity index (χ0n) is 8.52. The van der Waals surface area contributed by atoms with E-state index in [-0.39, 0.29) is 10.8 Å². The van der Waals surface area contributed by atoms with Crippen molar-refractivity contribution >= 4 is 21.5 Å². The van der Waals surface area contributed by atoms with Gasteiger partial charge in [-0.05, 0) is 22.9 Å². The molecule has 0 unspecified atom stereocenters. The Balaban J connectivity index is 2.59. The van der Waals surface area contributed by atoms with Crippen LogP contribution in [0, 0.1) is 29.6 Å². The van der Waals surface area contributed by atoms with Crippen molar-refractivity contribution in [3.8, 4) is 0 Å². The van der Waals surface area contributed by atoms with Crippen LogP contribution >= 0.6 is 0 Å². The molecule has 0 atom stereocenters. The first kappa shape index (κ1) is 10.1. The van der Waals surface area contributed by atoms with Crippen LogP contribution in [0.25, 0.3) is 21.5 Å². The molecule has 0 aromatic heterocycles. The molecule has 0 nitrogen and oxygen atoms in total. The fourth-order valence-corrected chi connectivity index (χ4v) is 1.95. The Kier molecular flexibility index (Phi) is 2.08. The summed E-state index contributed by atoms with van der Waals surface area (Å²) in [5.74, 6) is -1.72. The van der Waals surface area contributed by atoms with Crippen molar-refractivity contribution in [3.63, 3.8) is 0 Å². The quantitative estimate of drug-likeness (QED) is 0.512. The van der Waals surface area contributed by atoms with Crippen molar-refractivity contribution in [1.29, 1.82) is 0 Å². The average molecular weight is 230 g/mol. The summed E-state index contributed by atoms with van der Waals surface area (Å²) in [6.07, 6.45) is 0. The topological polar surface area (TPSA) is 0 Å². The first-order chi connectivity index (χ1) is 8.16. The summed E-state index contributed by atoms with van der Waals surface area (Å²) in [7, 11) is 0. The van der Waals surface area contributed by atoms with Gasteiger partial charge in [-0.15, -0.1) is 0 Å². The lowest BCUT2D eigenvalue weighted by Crippen LogP contribution is -1.87. The van der Waals surface area contributed by atoms with Crippen LogP contribution in [-0.4, -0.2) is 0 Å². The van der Waals surface area contributed by atoms with Crippen molar-refractivity contribution in [2.75, 3.05) is 0 Å². The van der Waals surface area contributed by atoms with Crippen molar-refractivity contribution in [2.24, 2.45) is 0 Å². The van der Waals surface area contributed by atoms with Gasteiger partial charge in [0.1, 0.15) is 17.5 Å². The fourth-order valence-electron chi connectivity index (χ4n) is 1.95. The maximum atomic E-state index is 13.7. The van der Waals surface area contributed by atoms with Crippen LogP contribution in [0.3, 0.4) is 0 Å². The van der Waals surface area contributed by atoms with Crippen LogP contribution in [0.15, 0.2) is 30.3 Å². The maximum absolute atomic E-state index is 13.7. The molecule has 3 rings (SSSR count). The third-order valence-corrected chi connectivity index (χ3v) is 2.70. The highest BCUT2D eigenvalue weighted by Crippen LogP contribution is 2.29. The van der Waals surface area contributed by atoms with E-state index in [2.05, 4.69) is 12.1 Å². The molecular weight excluding hydrogens is 225 g/mol. The summed E-state index contributed by atoms with van der Waals surface area (Å²) in [4.78, 5) is 0. The predicted molar refractivity (Wildman–Crippen MR) is 59.0 cm³/mol. The molecular formula is C14H5F3. The third kappa shape index (κ3) is 1.46. The first-order valence-electron chi connectivity index (χ1n) is 4.97. The van der Waals surface area contributed by atoms with Gasteiger partial charge in [0, 0.05) is 22.9 Å². The lowest BCUT2D eigenvalue weighted by atomic mass is 10.0. The van der Waals surface area contributed by atoms with Crippen molar-refractivity contribution in [1.82, 2.24) is 0 Å². The number of benzene rings is 3. The van der Waals surface area contributed by atoms with E-state index in [9.17, 15) is 13.2 Å². The van der Waals surface area contributed by atoms with Gasteiger partial charge < -0.3 is 0 Å². The van der Waals surface area contributed by atoms with E-state index in [4.69, 9.17) is 0 Å². The molecule has 82 valence electrons. The van der Waals surface area contributed by atoms with Gasteiger partial charge in [0.15, 0.2) is 0 Å². The Hall–Kier alpha value is -2.03. The summed E-state index contributed by atoms with van der Waals surface area (Å²) in [6, 6.07) is 11.1. The summed E-state index contributed by atoms with van der Waals surface area (Å²) in [5, 5.41) is 1.13. The molecule has 17 heavy (non-hydrogen) atoms. The highest BCUT2D eigenvalue weighted by Gasteiger charge is 2.10. The normalized spacial score (nSPS) is 11.2. The lowest BCUT2D eigenvalue weighted by Gasteiger charge is -2.05. The fraction of sp³-hybridized carbons (Fsp3) is 0. The van der Waals surface area contributed by atoms with Crippen molar-refractivity contribution in [3.05, 3.63) is 59.9 Å². The third-order valence-electron chi connectivity index (χ3n) is 2.70. The molecule has 0 saturated carbocycles. The maximum Gasteiger partial charge on any atom is 0.139 e. The SMILES string of the molecule is Fc1[c]c2ccc3c(F)[c]cc(F)c3c2cc1. The van der Waals surface area contributed by atoms with E-state index in [0.717, 1.165) is 6.07 Å². The van der Waals surface area contributed by atoms with Gasteiger partial charge in [-0.25, -0.2) is 13.2 Å². The zero-order chi connectivity index (χ0) is 12.0. The molecule has 2 radical (unpaired) electrons. The number of fused-ring (bicyclic) bond motifs is 3. The number of hydrogen-bond acceptors (Lipinski definition) is 0. The smallest absolute Gasteiger partial charge is 0.139 e. The van der Waals surface area contributed by atoms with Crippen LogP contribution in [-0.2, 0) is 0 Å². The van der Waals surface area contributed by atoms with Crippen LogP contribution in [0.5, 0.6) is 0 Å². The van der Waals surface area contributed by atoms with E-state index in [1.807, 2.05) is 0 Å². The average Bonchev–Trinajstić information content (AvgIpc) is 2.32. The highest BCUT2D eigenvalue weighted by molar-refractivity contribution is 6.07. The summed E-state index contributed by atoms with van der Waals surface area (Å²) in [5.41, 5.74) is 0. The first-order valence-corrected chi connectivity index (χ1v) is 4.97. The van der Waals surface area contributed by atoms with Gasteiger partial charge in [-0.2, -0.15) is 0 Å². The van der Waals surface area contributed by atoms with Crippen LogP contribution in [0.2, 0.25) is 0 Å². The minimum Gasteiger partial charge on any atom is -0.206 e. The van der Waals surface area contributed by atoms with E-state index >= 15 is 0 Å². The molecule has 0 heterocycles. The van der Waals surface area contributed by atoms with Gasteiger partial charge in [-0.1, -0.05) is 18.2 Å². The van der Waals surface area contributed by atoms with Crippen LogP contribution in [0.4, 0.5) is 13.2 Å². The molecule has 3 heteroatoms. The molecule has 0 N–H and O–H groups in total. The van der Waals surface area contributed by atoms with E-state index in [0.29, 0.717) is 10.8 Å². The Morgan fingerprint density at radius 3 is 2.47 bits per heavy atom. The Morgan fingerprint density at radius 1 is 0.882 bits per heavy atom. The predicted octanol–water partition coefficient (Wildman–Crippen LogP) is 4.01. The van der Waals surface area contributed by atoms with E-state index < -0.39 is 17.5 Å². The molecule has 0 saturated heterocycles. The molecule has 0 fully saturated rings. The number of rotatable bonds is 0. The standard InChI is InChI=1S/C14H5F3/c15-9-2-4-10-8(7-9)1-3-11-12(16)5-6-13(17)14(10)11/h1-4,6H. The number of hydrogen-bond donors (Lipinski definition) is 0. The zero-order valence-corrected chi connectivity index (χ0v) is 8.52. The Labute approximate surface area is 95.3 Å². The van der Waals surface area contributed by atoms with Gasteiger partial charge in [0.05, 0.1) is 0 Å². The molecule has 0 spiro atoms. The second-order valence-corrected chi connectivity index (χ2v) is 3.71. The van der Waals surface area contributed by atoms with Gasteiger partial charge in [0.2, 0.25) is 0 Å². The molecule has 3 aromatic carbocycles. The summed E-state index contributed by atoms with van der Waals surface area (Å²) < 4.78 is 40.1. The van der Waals surface area contributed by atoms with E-state index in [1.165, 1.54) is 24.3 Å². The van der Waals surface area contributed by atoms with Crippen molar-refractivity contribution in [2.45, 2.75) is 0 Å². The summed E-state index contributed by atoms with van der Waals surface area (Å²) in [6.45, 7) is 0. The van der Waals surface area contributed by atoms with Gasteiger partial charge in [-0.3, -0.25) is 0 Å². The lowest BCUT2D eigenvalue weighted by molar-refractivity contribution is 0.616. The monoisotopic (exact) mass is 230 g/mol. The summed E-state index contributed by atoms with van der Waals surface area (Å²) >= 11 is 0. The second kappa shape index (κ2) is 3.48. The van der Waals surface area contributed by atoms with E-state index in [1.54, 1.807) is 0 Å². The molecule has 3 aromatic rings. The number of halogens is 3. The Morgan fingerprint density at radius 2 is 1.65 bits per heavy atom. The molecule has 0 aliphatic heterocycles. The minimum absolute atomic E-state index is 0.134. The highest BCUT2D eigenvalue weighted by atomic mass is 19.1. The van der Waals surface area contributed by atoms with Crippen molar-refractivity contribution < 1.29 is 13.2 Å². The second-order valence-electron chi connectivity index (χ2n) is 3.71. The van der Waals surface area contributed by atoms with Crippen LogP contribution < -0.4 is 0 Å². The van der Waals surface area contributed by atoms with Gasteiger partial charge in [0.25, 0.3) is 0 Å². The molecule has 0 aliphatic rings. The molecule has 0 aliphatic carbocycles. The largest absolute Gasteiger partial charge is 0.206 e. The van der Waals surface area contributed by atoms with Crippen LogP contribution in [0.1, 0.15) is 0 Å².